The van der Waals surface area contributed by atoms with Crippen molar-refractivity contribution in [1.29, 1.82) is 5.41 Å². The number of fused-ring (bicyclic) bond motifs is 1. The van der Waals surface area contributed by atoms with Crippen LogP contribution in [0, 0.1) is 5.41 Å². The van der Waals surface area contributed by atoms with E-state index in [4.69, 9.17) is 16.2 Å². The highest BCUT2D eigenvalue weighted by atomic mass is 16.3. The molecule has 0 aliphatic carbocycles. The Bertz CT molecular complexity index is 1200. The Hall–Kier alpha value is -3.84. The first-order valence-corrected chi connectivity index (χ1v) is 9.44. The maximum Gasteiger partial charge on any atom is 0.348 e. The average molecular weight is 400 g/mol. The number of carbonyl (C=O) groups is 2. The number of rotatable bonds is 6. The SMILES string of the molecule is N=C(N)c1ccc2cc(CC(=O)c3ccc(N4CC(CO)=NC4=O)cc3)ccc2c1. The zero-order chi connectivity index (χ0) is 21.3. The summed E-state index contributed by atoms with van der Waals surface area (Å²) in [6.07, 6.45) is 0.254. The van der Waals surface area contributed by atoms with Gasteiger partial charge in [-0.2, -0.15) is 4.99 Å². The molecule has 150 valence electrons. The Kier molecular flexibility index (Phi) is 5.12. The molecule has 3 aromatic rings. The van der Waals surface area contributed by atoms with Crippen LogP contribution in [0.1, 0.15) is 21.5 Å². The third-order valence-corrected chi connectivity index (χ3v) is 5.09. The number of anilines is 1. The second-order valence-electron chi connectivity index (χ2n) is 7.16. The summed E-state index contributed by atoms with van der Waals surface area (Å²) in [5.74, 6) is -0.00400. The number of nitrogen functional groups attached to an aromatic ring is 1. The first-order valence-electron chi connectivity index (χ1n) is 9.44. The van der Waals surface area contributed by atoms with E-state index >= 15 is 0 Å². The molecule has 1 aliphatic rings. The number of Topliss-reactive ketones (excluding diaryl/α,β-unsaturated/α-hetero) is 1. The molecule has 7 heteroatoms. The Morgan fingerprint density at radius 1 is 1.03 bits per heavy atom. The zero-order valence-electron chi connectivity index (χ0n) is 16.1. The van der Waals surface area contributed by atoms with Gasteiger partial charge in [0.2, 0.25) is 0 Å². The van der Waals surface area contributed by atoms with Crippen LogP contribution in [-0.2, 0) is 6.42 Å². The fourth-order valence-corrected chi connectivity index (χ4v) is 3.46. The minimum atomic E-state index is -0.415. The van der Waals surface area contributed by atoms with E-state index in [1.54, 1.807) is 30.3 Å². The van der Waals surface area contributed by atoms with Gasteiger partial charge in [0.1, 0.15) is 5.84 Å². The van der Waals surface area contributed by atoms with Crippen LogP contribution in [0.15, 0.2) is 65.7 Å². The van der Waals surface area contributed by atoms with Crippen molar-refractivity contribution in [3.05, 3.63) is 77.4 Å². The number of benzene rings is 3. The Balaban J connectivity index is 1.48. The standard InChI is InChI=1S/C23H20N4O3/c24-22(25)18-4-3-16-9-14(1-2-17(16)11-18)10-21(29)15-5-7-20(8-6-15)27-12-19(13-28)26-23(27)30/h1-9,11,28H,10,12-13H2,(H3,24,25). The number of carbonyl (C=O) groups excluding carboxylic acids is 2. The number of nitrogens with one attached hydrogen (secondary N) is 1. The number of hydrogen-bond acceptors (Lipinski definition) is 4. The van der Waals surface area contributed by atoms with Crippen molar-refractivity contribution in [2.75, 3.05) is 18.1 Å². The van der Waals surface area contributed by atoms with E-state index in [2.05, 4.69) is 4.99 Å². The Labute approximate surface area is 173 Å². The summed E-state index contributed by atoms with van der Waals surface area (Å²) in [4.78, 5) is 29.9. The van der Waals surface area contributed by atoms with E-state index in [0.717, 1.165) is 16.3 Å². The highest BCUT2D eigenvalue weighted by molar-refractivity contribution is 6.12. The van der Waals surface area contributed by atoms with Gasteiger partial charge in [0.25, 0.3) is 0 Å². The molecule has 30 heavy (non-hydrogen) atoms. The monoisotopic (exact) mass is 400 g/mol. The van der Waals surface area contributed by atoms with Crippen molar-refractivity contribution in [3.8, 4) is 0 Å². The lowest BCUT2D eigenvalue weighted by atomic mass is 9.99. The summed E-state index contributed by atoms with van der Waals surface area (Å²) < 4.78 is 0. The third kappa shape index (κ3) is 3.83. The summed E-state index contributed by atoms with van der Waals surface area (Å²) in [5.41, 5.74) is 8.71. The maximum absolute atomic E-state index is 12.7. The summed E-state index contributed by atoms with van der Waals surface area (Å²) in [5, 5.41) is 18.6. The van der Waals surface area contributed by atoms with Gasteiger partial charge in [-0.25, -0.2) is 4.79 Å². The van der Waals surface area contributed by atoms with Gasteiger partial charge in [0, 0.05) is 23.2 Å². The number of amides is 2. The van der Waals surface area contributed by atoms with E-state index in [1.807, 2.05) is 30.3 Å². The number of nitrogens with zero attached hydrogens (tertiary/aromatic N) is 2. The van der Waals surface area contributed by atoms with Crippen molar-refractivity contribution in [1.82, 2.24) is 0 Å². The number of ketones is 1. The first-order chi connectivity index (χ1) is 14.4. The molecule has 7 nitrogen and oxygen atoms in total. The molecule has 0 unspecified atom stereocenters. The molecule has 4 N–H and O–H groups in total. The summed E-state index contributed by atoms with van der Waals surface area (Å²) in [7, 11) is 0. The molecule has 2 amide bonds. The minimum absolute atomic E-state index is 0.0226. The number of aliphatic hydroxyl groups is 1. The molecule has 0 saturated carbocycles. The van der Waals surface area contributed by atoms with Crippen LogP contribution in [0.2, 0.25) is 0 Å². The van der Waals surface area contributed by atoms with Gasteiger partial charge in [0.15, 0.2) is 5.78 Å². The van der Waals surface area contributed by atoms with Crippen molar-refractivity contribution in [2.24, 2.45) is 10.7 Å². The summed E-state index contributed by atoms with van der Waals surface area (Å²) >= 11 is 0. The van der Waals surface area contributed by atoms with E-state index < -0.39 is 6.03 Å². The lowest BCUT2D eigenvalue weighted by Crippen LogP contribution is -2.26. The molecule has 0 saturated heterocycles. The topological polar surface area (TPSA) is 120 Å². The quantitative estimate of drug-likeness (QED) is 0.335. The fourth-order valence-electron chi connectivity index (χ4n) is 3.46. The highest BCUT2D eigenvalue weighted by Gasteiger charge is 2.24. The van der Waals surface area contributed by atoms with E-state index in [9.17, 15) is 9.59 Å². The van der Waals surface area contributed by atoms with Gasteiger partial charge in [-0.05, 0) is 46.7 Å². The number of urea groups is 1. The van der Waals surface area contributed by atoms with Crippen LogP contribution in [-0.4, -0.2) is 41.6 Å². The molecule has 0 radical (unpaired) electrons. The molecule has 0 bridgehead atoms. The van der Waals surface area contributed by atoms with Crippen LogP contribution in [0.3, 0.4) is 0 Å². The largest absolute Gasteiger partial charge is 0.390 e. The molecule has 1 aliphatic heterocycles. The lowest BCUT2D eigenvalue weighted by Gasteiger charge is -2.15. The van der Waals surface area contributed by atoms with Crippen molar-refractivity contribution >= 4 is 39.8 Å². The number of hydrogen-bond donors (Lipinski definition) is 3. The molecule has 3 aromatic carbocycles. The predicted octanol–water partition coefficient (Wildman–Crippen LogP) is 2.92. The molecule has 0 aromatic heterocycles. The van der Waals surface area contributed by atoms with Gasteiger partial charge >= 0.3 is 6.03 Å². The minimum Gasteiger partial charge on any atom is -0.390 e. The molecule has 0 spiro atoms. The van der Waals surface area contributed by atoms with Crippen LogP contribution in [0.5, 0.6) is 0 Å². The number of nitrogens with two attached hydrogens (primary N) is 1. The predicted molar refractivity (Wildman–Crippen MR) is 117 cm³/mol. The van der Waals surface area contributed by atoms with Crippen molar-refractivity contribution < 1.29 is 14.7 Å². The number of aliphatic hydroxyl groups excluding tert-OH is 1. The van der Waals surface area contributed by atoms with E-state index in [0.29, 0.717) is 22.5 Å². The van der Waals surface area contributed by atoms with E-state index in [1.165, 1.54) is 4.90 Å². The Morgan fingerprint density at radius 2 is 1.70 bits per heavy atom. The van der Waals surface area contributed by atoms with E-state index in [-0.39, 0.29) is 31.2 Å². The third-order valence-electron chi connectivity index (χ3n) is 5.09. The summed E-state index contributed by atoms with van der Waals surface area (Å²) in [6.45, 7) is 0.00565. The molecule has 4 rings (SSSR count). The molecule has 0 atom stereocenters. The molecule has 0 fully saturated rings. The lowest BCUT2D eigenvalue weighted by molar-refractivity contribution is 0.0993. The smallest absolute Gasteiger partial charge is 0.348 e. The zero-order valence-corrected chi connectivity index (χ0v) is 16.1. The second kappa shape index (κ2) is 7.88. The molecular weight excluding hydrogens is 380 g/mol. The van der Waals surface area contributed by atoms with Crippen molar-refractivity contribution in [3.63, 3.8) is 0 Å². The van der Waals surface area contributed by atoms with Gasteiger partial charge in [-0.3, -0.25) is 15.1 Å². The average Bonchev–Trinajstić information content (AvgIpc) is 3.14. The Morgan fingerprint density at radius 3 is 2.37 bits per heavy atom. The normalized spacial score (nSPS) is 13.6. The molecule has 1 heterocycles. The van der Waals surface area contributed by atoms with Gasteiger partial charge in [0.05, 0.1) is 18.9 Å². The van der Waals surface area contributed by atoms with Gasteiger partial charge in [-0.15, -0.1) is 0 Å². The first kappa shape index (κ1) is 19.5. The van der Waals surface area contributed by atoms with Crippen LogP contribution in [0.25, 0.3) is 10.8 Å². The van der Waals surface area contributed by atoms with Crippen LogP contribution >= 0.6 is 0 Å². The van der Waals surface area contributed by atoms with Crippen LogP contribution in [0.4, 0.5) is 10.5 Å². The highest BCUT2D eigenvalue weighted by Crippen LogP contribution is 2.22. The van der Waals surface area contributed by atoms with Gasteiger partial charge in [-0.1, -0.05) is 30.3 Å². The number of aliphatic imine (C=N–C) groups is 1. The van der Waals surface area contributed by atoms with Crippen LogP contribution < -0.4 is 10.6 Å². The fraction of sp³-hybridized carbons (Fsp3) is 0.130. The van der Waals surface area contributed by atoms with Crippen molar-refractivity contribution in [2.45, 2.75) is 6.42 Å². The maximum atomic E-state index is 12.7. The summed E-state index contributed by atoms with van der Waals surface area (Å²) in [6, 6.07) is 17.7. The van der Waals surface area contributed by atoms with Gasteiger partial charge < -0.3 is 10.8 Å². The number of amidine groups is 1. The second-order valence-corrected chi connectivity index (χ2v) is 7.16. The molecular formula is C23H20N4O3.